The van der Waals surface area contributed by atoms with E-state index in [0.717, 1.165) is 38.6 Å². The molecule has 0 aliphatic carbocycles. The van der Waals surface area contributed by atoms with Gasteiger partial charge in [0.1, 0.15) is 0 Å². The average Bonchev–Trinajstić information content (AvgIpc) is 2.46. The molecule has 3 heteroatoms. The Labute approximate surface area is 126 Å². The van der Waals surface area contributed by atoms with E-state index in [-0.39, 0.29) is 11.3 Å². The molecule has 3 N–H and O–H groups in total. The molecule has 1 atom stereocenters. The minimum atomic E-state index is -0.341. The van der Waals surface area contributed by atoms with Crippen molar-refractivity contribution in [3.8, 4) is 0 Å². The maximum atomic E-state index is 12.6. The second-order valence-electron chi connectivity index (χ2n) is 6.11. The molecule has 0 radical (unpaired) electrons. The number of carbonyl (C=O) groups excluding carboxylic acids is 1. The number of nitrogens with two attached hydrogens (primary N) is 1. The van der Waals surface area contributed by atoms with Crippen LogP contribution in [0.5, 0.6) is 0 Å². The van der Waals surface area contributed by atoms with Crippen LogP contribution in [-0.4, -0.2) is 19.0 Å². The predicted molar refractivity (Wildman–Crippen MR) is 87.6 cm³/mol. The minimum Gasteiger partial charge on any atom is -0.355 e. The van der Waals surface area contributed by atoms with Crippen LogP contribution in [0.15, 0.2) is 0 Å². The molecule has 0 saturated carbocycles. The summed E-state index contributed by atoms with van der Waals surface area (Å²) in [5.41, 5.74) is 5.60. The van der Waals surface area contributed by atoms with Crippen LogP contribution in [0.25, 0.3) is 0 Å². The van der Waals surface area contributed by atoms with E-state index < -0.39 is 0 Å². The Balaban J connectivity index is 4.50. The first kappa shape index (κ1) is 19.4. The van der Waals surface area contributed by atoms with Crippen molar-refractivity contribution in [2.24, 2.45) is 17.1 Å². The first-order valence-corrected chi connectivity index (χ1v) is 8.58. The quantitative estimate of drug-likeness (QED) is 0.571. The smallest absolute Gasteiger partial charge is 0.227 e. The molecule has 1 amide bonds. The maximum Gasteiger partial charge on any atom is 0.227 e. The highest BCUT2D eigenvalue weighted by atomic mass is 16.2. The molecule has 0 bridgehead atoms. The topological polar surface area (TPSA) is 55.1 Å². The Morgan fingerprint density at radius 3 is 2.10 bits per heavy atom. The molecule has 120 valence electrons. The fourth-order valence-electron chi connectivity index (χ4n) is 2.97. The lowest BCUT2D eigenvalue weighted by atomic mass is 9.78. The van der Waals surface area contributed by atoms with Gasteiger partial charge in [-0.3, -0.25) is 4.79 Å². The summed E-state index contributed by atoms with van der Waals surface area (Å²) in [6.45, 7) is 9.96. The molecule has 0 rings (SSSR count). The number of rotatable bonds is 12. The van der Waals surface area contributed by atoms with E-state index >= 15 is 0 Å². The van der Waals surface area contributed by atoms with Gasteiger partial charge in [-0.1, -0.05) is 59.8 Å². The predicted octanol–water partition coefficient (Wildman–Crippen LogP) is 3.86. The van der Waals surface area contributed by atoms with Crippen LogP contribution in [0.1, 0.15) is 79.1 Å². The molecule has 0 spiro atoms. The van der Waals surface area contributed by atoms with Crippen molar-refractivity contribution < 1.29 is 4.79 Å². The number of nitrogens with one attached hydrogen (secondary N) is 1. The minimum absolute atomic E-state index is 0.179. The lowest BCUT2D eigenvalue weighted by Crippen LogP contribution is -2.47. The first-order chi connectivity index (χ1) is 9.60. The number of hydrogen-bond donors (Lipinski definition) is 2. The molecule has 0 saturated heterocycles. The molecule has 0 aliphatic heterocycles. The summed E-state index contributed by atoms with van der Waals surface area (Å²) in [6.07, 6.45) is 8.64. The molecule has 0 fully saturated rings. The van der Waals surface area contributed by atoms with Gasteiger partial charge in [0, 0.05) is 13.1 Å². The highest BCUT2D eigenvalue weighted by molar-refractivity contribution is 5.82. The number of carbonyl (C=O) groups is 1. The highest BCUT2D eigenvalue weighted by Crippen LogP contribution is 2.29. The molecule has 0 aromatic heterocycles. The van der Waals surface area contributed by atoms with E-state index in [1.165, 1.54) is 19.3 Å². The van der Waals surface area contributed by atoms with E-state index in [2.05, 4.69) is 33.0 Å². The van der Waals surface area contributed by atoms with Crippen molar-refractivity contribution in [3.05, 3.63) is 0 Å². The Bertz CT molecular complexity index is 247. The second kappa shape index (κ2) is 11.1. The van der Waals surface area contributed by atoms with Crippen LogP contribution in [0.3, 0.4) is 0 Å². The number of unbranched alkanes of at least 4 members (excludes halogenated alkanes) is 1. The van der Waals surface area contributed by atoms with E-state index in [4.69, 9.17) is 5.73 Å². The maximum absolute atomic E-state index is 12.6. The molecule has 0 aliphatic rings. The third kappa shape index (κ3) is 6.25. The van der Waals surface area contributed by atoms with Gasteiger partial charge in [0.2, 0.25) is 5.91 Å². The third-order valence-electron chi connectivity index (χ3n) is 4.42. The van der Waals surface area contributed by atoms with Crippen LogP contribution < -0.4 is 11.1 Å². The first-order valence-electron chi connectivity index (χ1n) is 8.58. The molecule has 3 nitrogen and oxygen atoms in total. The number of amides is 1. The summed E-state index contributed by atoms with van der Waals surface area (Å²) in [7, 11) is 0. The van der Waals surface area contributed by atoms with Gasteiger partial charge in [-0.15, -0.1) is 0 Å². The van der Waals surface area contributed by atoms with Crippen molar-refractivity contribution in [1.82, 2.24) is 5.32 Å². The summed E-state index contributed by atoms with van der Waals surface area (Å²) in [6, 6.07) is 0. The molecule has 0 heterocycles. The van der Waals surface area contributed by atoms with E-state index in [1.54, 1.807) is 0 Å². The molecule has 0 aromatic rings. The molecular weight excluding hydrogens is 248 g/mol. The van der Waals surface area contributed by atoms with Crippen LogP contribution in [0.2, 0.25) is 0 Å². The highest BCUT2D eigenvalue weighted by Gasteiger charge is 2.35. The van der Waals surface area contributed by atoms with Crippen LogP contribution in [-0.2, 0) is 4.79 Å². The van der Waals surface area contributed by atoms with Gasteiger partial charge in [0.15, 0.2) is 0 Å². The van der Waals surface area contributed by atoms with E-state index in [1.807, 2.05) is 0 Å². The number of hydrogen-bond acceptors (Lipinski definition) is 2. The van der Waals surface area contributed by atoms with Crippen LogP contribution in [0, 0.1) is 11.3 Å². The Morgan fingerprint density at radius 2 is 1.70 bits per heavy atom. The summed E-state index contributed by atoms with van der Waals surface area (Å²) >= 11 is 0. The van der Waals surface area contributed by atoms with Gasteiger partial charge in [-0.05, 0) is 25.2 Å². The van der Waals surface area contributed by atoms with Crippen LogP contribution in [0.4, 0.5) is 0 Å². The molecule has 0 aromatic carbocycles. The van der Waals surface area contributed by atoms with Crippen molar-refractivity contribution in [3.63, 3.8) is 0 Å². The van der Waals surface area contributed by atoms with E-state index in [0.29, 0.717) is 12.5 Å². The van der Waals surface area contributed by atoms with Gasteiger partial charge in [-0.2, -0.15) is 0 Å². The van der Waals surface area contributed by atoms with Crippen molar-refractivity contribution in [1.29, 1.82) is 0 Å². The summed E-state index contributed by atoms with van der Waals surface area (Å²) < 4.78 is 0. The van der Waals surface area contributed by atoms with Gasteiger partial charge in [0.25, 0.3) is 0 Å². The Kier molecular flexibility index (Phi) is 10.8. The van der Waals surface area contributed by atoms with Crippen LogP contribution >= 0.6 is 0 Å². The molecule has 20 heavy (non-hydrogen) atoms. The summed E-state index contributed by atoms with van der Waals surface area (Å²) in [5, 5.41) is 3.19. The summed E-state index contributed by atoms with van der Waals surface area (Å²) in [5.74, 6) is 0.788. The monoisotopic (exact) mass is 284 g/mol. The van der Waals surface area contributed by atoms with E-state index in [9.17, 15) is 4.79 Å². The molecule has 1 unspecified atom stereocenters. The average molecular weight is 284 g/mol. The van der Waals surface area contributed by atoms with Gasteiger partial charge in [0.05, 0.1) is 5.41 Å². The largest absolute Gasteiger partial charge is 0.355 e. The standard InChI is InChI=1S/C17H36N2O/c1-5-9-10-15(8-4)13-19-16(20)17(14-18,11-6-2)12-7-3/h15H,5-14,18H2,1-4H3,(H,19,20). The lowest BCUT2D eigenvalue weighted by molar-refractivity contribution is -0.131. The zero-order valence-electron chi connectivity index (χ0n) is 14.1. The Morgan fingerprint density at radius 1 is 1.10 bits per heavy atom. The zero-order chi connectivity index (χ0) is 15.4. The fourth-order valence-corrected chi connectivity index (χ4v) is 2.97. The van der Waals surface area contributed by atoms with Crippen molar-refractivity contribution in [2.75, 3.05) is 13.1 Å². The van der Waals surface area contributed by atoms with Crippen molar-refractivity contribution in [2.45, 2.75) is 79.1 Å². The molecular formula is C17H36N2O. The van der Waals surface area contributed by atoms with Gasteiger partial charge in [-0.25, -0.2) is 0 Å². The van der Waals surface area contributed by atoms with Gasteiger partial charge >= 0.3 is 0 Å². The normalized spacial score (nSPS) is 13.2. The second-order valence-corrected chi connectivity index (χ2v) is 6.11. The van der Waals surface area contributed by atoms with Crippen molar-refractivity contribution >= 4 is 5.91 Å². The lowest BCUT2D eigenvalue weighted by Gasteiger charge is -2.31. The van der Waals surface area contributed by atoms with Gasteiger partial charge < -0.3 is 11.1 Å². The Hall–Kier alpha value is -0.570. The summed E-state index contributed by atoms with van der Waals surface area (Å²) in [4.78, 5) is 12.6. The SMILES string of the molecule is CCCCC(CC)CNC(=O)C(CN)(CCC)CCC. The zero-order valence-corrected chi connectivity index (χ0v) is 14.1. The fraction of sp³-hybridized carbons (Fsp3) is 0.941. The third-order valence-corrected chi connectivity index (χ3v) is 4.42.